The van der Waals surface area contributed by atoms with Crippen LogP contribution in [0.25, 0.3) is 0 Å². The third kappa shape index (κ3) is 1.93. The summed E-state index contributed by atoms with van der Waals surface area (Å²) in [6, 6.07) is 0.371. The van der Waals surface area contributed by atoms with E-state index in [2.05, 4.69) is 24.5 Å². The van der Waals surface area contributed by atoms with Gasteiger partial charge in [-0.2, -0.15) is 0 Å². The zero-order valence-corrected chi connectivity index (χ0v) is 12.9. The second kappa shape index (κ2) is 4.00. The molecule has 4 aliphatic carbocycles. The van der Waals surface area contributed by atoms with Crippen LogP contribution in [-0.2, 0) is 4.79 Å². The van der Waals surface area contributed by atoms with Crippen molar-refractivity contribution in [2.75, 3.05) is 13.1 Å². The van der Waals surface area contributed by atoms with Crippen LogP contribution in [0.1, 0.15) is 58.8 Å². The fourth-order valence-corrected chi connectivity index (χ4v) is 6.82. The van der Waals surface area contributed by atoms with Gasteiger partial charge in [0.1, 0.15) is 0 Å². The molecule has 2 N–H and O–H groups in total. The van der Waals surface area contributed by atoms with Gasteiger partial charge < -0.3 is 10.6 Å². The van der Waals surface area contributed by atoms with E-state index in [0.717, 1.165) is 44.7 Å². The normalized spacial score (nSPS) is 53.3. The van der Waals surface area contributed by atoms with Crippen LogP contribution in [0.15, 0.2) is 0 Å². The Kier molecular flexibility index (Phi) is 2.62. The molecule has 0 radical (unpaired) electrons. The molecule has 1 aliphatic heterocycles. The lowest BCUT2D eigenvalue weighted by Gasteiger charge is -2.64. The van der Waals surface area contributed by atoms with Crippen molar-refractivity contribution in [3.05, 3.63) is 0 Å². The first kappa shape index (κ1) is 13.1. The Labute approximate surface area is 122 Å². The van der Waals surface area contributed by atoms with Crippen molar-refractivity contribution in [1.82, 2.24) is 10.6 Å². The van der Waals surface area contributed by atoms with E-state index >= 15 is 0 Å². The van der Waals surface area contributed by atoms with Crippen LogP contribution in [0.2, 0.25) is 0 Å². The third-order valence-corrected chi connectivity index (χ3v) is 6.50. The summed E-state index contributed by atoms with van der Waals surface area (Å²) in [5.41, 5.74) is 0.824. The minimum absolute atomic E-state index is 0.0362. The van der Waals surface area contributed by atoms with Crippen LogP contribution in [0.5, 0.6) is 0 Å². The van der Waals surface area contributed by atoms with E-state index in [9.17, 15) is 4.79 Å². The van der Waals surface area contributed by atoms with Crippen molar-refractivity contribution in [1.29, 1.82) is 0 Å². The quantitative estimate of drug-likeness (QED) is 0.813. The van der Waals surface area contributed by atoms with Crippen LogP contribution in [0.4, 0.5) is 0 Å². The molecule has 4 saturated carbocycles. The lowest BCUT2D eigenvalue weighted by molar-refractivity contribution is -0.170. The molecule has 112 valence electrons. The molecule has 5 rings (SSSR count). The minimum atomic E-state index is -0.0362. The molecule has 5 aliphatic rings. The maximum absolute atomic E-state index is 13.0. The summed E-state index contributed by atoms with van der Waals surface area (Å²) < 4.78 is 0. The van der Waals surface area contributed by atoms with Gasteiger partial charge in [-0.15, -0.1) is 0 Å². The summed E-state index contributed by atoms with van der Waals surface area (Å²) in [7, 11) is 0. The Morgan fingerprint density at radius 1 is 1.10 bits per heavy atom. The molecular formula is C17H28N2O. The van der Waals surface area contributed by atoms with Gasteiger partial charge in [-0.3, -0.25) is 4.79 Å². The number of hydrogen-bond acceptors (Lipinski definition) is 2. The maximum atomic E-state index is 13.0. The highest BCUT2D eigenvalue weighted by molar-refractivity contribution is 5.83. The summed E-state index contributed by atoms with van der Waals surface area (Å²) in [4.78, 5) is 13.0. The lowest BCUT2D eigenvalue weighted by atomic mass is 9.40. The molecular weight excluding hydrogens is 248 g/mol. The Morgan fingerprint density at radius 3 is 2.35 bits per heavy atom. The van der Waals surface area contributed by atoms with Gasteiger partial charge >= 0.3 is 0 Å². The first-order chi connectivity index (χ1) is 9.41. The van der Waals surface area contributed by atoms with Crippen LogP contribution in [-0.4, -0.2) is 25.0 Å². The van der Waals surface area contributed by atoms with Crippen molar-refractivity contribution in [2.45, 2.75) is 64.8 Å². The van der Waals surface area contributed by atoms with Gasteiger partial charge in [-0.05, 0) is 68.2 Å². The highest BCUT2D eigenvalue weighted by atomic mass is 16.2. The summed E-state index contributed by atoms with van der Waals surface area (Å²) in [5, 5.41) is 6.72. The molecule has 3 heteroatoms. The summed E-state index contributed by atoms with van der Waals surface area (Å²) in [6.45, 7) is 6.89. The van der Waals surface area contributed by atoms with E-state index in [-0.39, 0.29) is 5.41 Å². The van der Waals surface area contributed by atoms with Crippen LogP contribution in [0, 0.1) is 22.2 Å². The zero-order valence-electron chi connectivity index (χ0n) is 12.9. The van der Waals surface area contributed by atoms with E-state index in [0.29, 0.717) is 22.8 Å². The van der Waals surface area contributed by atoms with Crippen LogP contribution < -0.4 is 10.6 Å². The van der Waals surface area contributed by atoms with Gasteiger partial charge in [0.15, 0.2) is 0 Å². The summed E-state index contributed by atoms with van der Waals surface area (Å²) in [5.74, 6) is 1.18. The summed E-state index contributed by atoms with van der Waals surface area (Å²) in [6.07, 6.45) is 8.60. The standard InChI is InChI=1S/C17H28N2O/c1-15-5-12-6-16(2,9-15)11-17(7-12,10-15)14(20)19-13-3-4-18-8-13/h12-13,18H,3-11H2,1-2H3,(H,19,20). The number of carbonyl (C=O) groups excluding carboxylic acids is 1. The first-order valence-electron chi connectivity index (χ1n) is 8.42. The average Bonchev–Trinajstić information content (AvgIpc) is 2.76. The van der Waals surface area contributed by atoms with Gasteiger partial charge in [-0.1, -0.05) is 13.8 Å². The average molecular weight is 276 g/mol. The second-order valence-corrected chi connectivity index (χ2v) is 9.07. The van der Waals surface area contributed by atoms with Gasteiger partial charge in [0.2, 0.25) is 5.91 Å². The van der Waals surface area contributed by atoms with Gasteiger partial charge in [0.05, 0.1) is 5.41 Å². The molecule has 5 fully saturated rings. The molecule has 0 aromatic carbocycles. The largest absolute Gasteiger partial charge is 0.352 e. The van der Waals surface area contributed by atoms with E-state index in [4.69, 9.17) is 0 Å². The van der Waals surface area contributed by atoms with Gasteiger partial charge in [0.25, 0.3) is 0 Å². The zero-order chi connectivity index (χ0) is 14.0. The smallest absolute Gasteiger partial charge is 0.226 e. The minimum Gasteiger partial charge on any atom is -0.352 e. The number of hydrogen-bond donors (Lipinski definition) is 2. The van der Waals surface area contributed by atoms with Crippen molar-refractivity contribution in [2.24, 2.45) is 22.2 Å². The van der Waals surface area contributed by atoms with Crippen LogP contribution in [0.3, 0.4) is 0 Å². The molecule has 0 aromatic rings. The molecule has 3 atom stereocenters. The SMILES string of the molecule is CC12CC3CC(C)(C1)CC(C(=O)NC1CCNC1)(C3)C2. The van der Waals surface area contributed by atoms with Crippen molar-refractivity contribution < 1.29 is 4.79 Å². The number of nitrogens with one attached hydrogen (secondary N) is 2. The molecule has 3 unspecified atom stereocenters. The number of carbonyl (C=O) groups is 1. The highest BCUT2D eigenvalue weighted by Crippen LogP contribution is 2.69. The van der Waals surface area contributed by atoms with Crippen molar-refractivity contribution in [3.8, 4) is 0 Å². The monoisotopic (exact) mass is 276 g/mol. The molecule has 1 amide bonds. The number of rotatable bonds is 2. The van der Waals surface area contributed by atoms with Gasteiger partial charge in [0, 0.05) is 12.6 Å². The lowest BCUT2D eigenvalue weighted by Crippen LogP contribution is -2.60. The topological polar surface area (TPSA) is 41.1 Å². The first-order valence-corrected chi connectivity index (χ1v) is 8.42. The molecule has 0 aromatic heterocycles. The van der Waals surface area contributed by atoms with E-state index < -0.39 is 0 Å². The molecule has 3 nitrogen and oxygen atoms in total. The van der Waals surface area contributed by atoms with E-state index in [1.165, 1.54) is 19.3 Å². The molecule has 1 heterocycles. The molecule has 4 bridgehead atoms. The van der Waals surface area contributed by atoms with E-state index in [1.807, 2.05) is 0 Å². The summed E-state index contributed by atoms with van der Waals surface area (Å²) >= 11 is 0. The van der Waals surface area contributed by atoms with Crippen LogP contribution >= 0.6 is 0 Å². The predicted molar refractivity (Wildman–Crippen MR) is 79.3 cm³/mol. The highest BCUT2D eigenvalue weighted by Gasteiger charge is 2.62. The molecule has 0 spiro atoms. The fourth-order valence-electron chi connectivity index (χ4n) is 6.82. The third-order valence-electron chi connectivity index (χ3n) is 6.50. The Balaban J connectivity index is 1.58. The molecule has 1 saturated heterocycles. The molecule has 20 heavy (non-hydrogen) atoms. The van der Waals surface area contributed by atoms with Gasteiger partial charge in [-0.25, -0.2) is 0 Å². The van der Waals surface area contributed by atoms with Crippen molar-refractivity contribution >= 4 is 5.91 Å². The Bertz CT molecular complexity index is 422. The van der Waals surface area contributed by atoms with Crippen molar-refractivity contribution in [3.63, 3.8) is 0 Å². The van der Waals surface area contributed by atoms with E-state index in [1.54, 1.807) is 0 Å². The predicted octanol–water partition coefficient (Wildman–Crippen LogP) is 2.46. The maximum Gasteiger partial charge on any atom is 0.226 e. The fraction of sp³-hybridized carbons (Fsp3) is 0.941. The Hall–Kier alpha value is -0.570. The second-order valence-electron chi connectivity index (χ2n) is 9.07. The Morgan fingerprint density at radius 2 is 1.80 bits per heavy atom. The number of amides is 1.